The fraction of sp³-hybridized carbons (Fsp3) is 0.0769. The highest BCUT2D eigenvalue weighted by Crippen LogP contribution is 2.28. The summed E-state index contributed by atoms with van der Waals surface area (Å²) in [5, 5.41) is 13.5. The molecule has 0 fully saturated rings. The molecule has 0 aliphatic carbocycles. The zero-order chi connectivity index (χ0) is 25.2. The van der Waals surface area contributed by atoms with E-state index in [0.717, 1.165) is 22.3 Å². The second-order valence-corrected chi connectivity index (χ2v) is 8.82. The largest absolute Gasteiger partial charge is 0.455 e. The van der Waals surface area contributed by atoms with Gasteiger partial charge >= 0.3 is 0 Å². The van der Waals surface area contributed by atoms with Crippen LogP contribution in [0.1, 0.15) is 22.6 Å². The van der Waals surface area contributed by atoms with Gasteiger partial charge in [-0.2, -0.15) is 9.78 Å². The Morgan fingerprint density at radius 3 is 1.89 bits per heavy atom. The van der Waals surface area contributed by atoms with E-state index in [2.05, 4.69) is 20.3 Å². The lowest BCUT2D eigenvalue weighted by atomic mass is 10.1. The highest BCUT2D eigenvalue weighted by atomic mass is 35.5. The molecule has 10 heteroatoms. The summed E-state index contributed by atoms with van der Waals surface area (Å²) in [6, 6.07) is 18.7. The molecular weight excluding hydrogens is 499 g/mol. The molecule has 5 aromatic rings. The number of nitrogens with zero attached hydrogens (tertiary/aromatic N) is 5. The van der Waals surface area contributed by atoms with Crippen LogP contribution < -0.4 is 5.73 Å². The van der Waals surface area contributed by atoms with Crippen molar-refractivity contribution >= 4 is 47.5 Å². The Labute approximate surface area is 216 Å². The van der Waals surface area contributed by atoms with Crippen LogP contribution in [0, 0.1) is 13.8 Å². The summed E-state index contributed by atoms with van der Waals surface area (Å²) in [6.07, 6.45) is 3.02. The maximum atomic E-state index is 6.23. The SMILES string of the molecule is Cc1ccc(-c2ccc(/C=N/c3nnc(N)n3/N=C/c3ccc(-c4ccc(C)c(Cl)c4)o3)o2)cc1Cl. The Morgan fingerprint density at radius 1 is 0.778 bits per heavy atom. The number of nitrogens with two attached hydrogens (primary N) is 1. The minimum Gasteiger partial charge on any atom is -0.455 e. The van der Waals surface area contributed by atoms with Gasteiger partial charge in [-0.3, -0.25) is 0 Å². The molecule has 0 aliphatic rings. The van der Waals surface area contributed by atoms with Gasteiger partial charge in [0, 0.05) is 21.2 Å². The molecule has 0 atom stereocenters. The molecular formula is C26H20Cl2N6O2. The van der Waals surface area contributed by atoms with E-state index < -0.39 is 0 Å². The van der Waals surface area contributed by atoms with Crippen LogP contribution in [0.15, 0.2) is 79.6 Å². The monoisotopic (exact) mass is 518 g/mol. The summed E-state index contributed by atoms with van der Waals surface area (Å²) >= 11 is 12.5. The van der Waals surface area contributed by atoms with E-state index in [0.29, 0.717) is 33.1 Å². The normalized spacial score (nSPS) is 11.8. The molecule has 0 amide bonds. The van der Waals surface area contributed by atoms with E-state index in [-0.39, 0.29) is 11.9 Å². The van der Waals surface area contributed by atoms with Crippen molar-refractivity contribution < 1.29 is 8.83 Å². The highest BCUT2D eigenvalue weighted by molar-refractivity contribution is 6.32. The van der Waals surface area contributed by atoms with Gasteiger partial charge in [0.15, 0.2) is 0 Å². The first-order valence-electron chi connectivity index (χ1n) is 10.9. The van der Waals surface area contributed by atoms with Crippen molar-refractivity contribution in [3.05, 3.63) is 93.4 Å². The van der Waals surface area contributed by atoms with E-state index in [1.807, 2.05) is 62.4 Å². The molecule has 0 unspecified atom stereocenters. The maximum Gasteiger partial charge on any atom is 0.273 e. The number of halogens is 2. The Kier molecular flexibility index (Phi) is 6.45. The molecule has 0 spiro atoms. The number of furan rings is 2. The van der Waals surface area contributed by atoms with Crippen LogP contribution in [0.25, 0.3) is 22.6 Å². The van der Waals surface area contributed by atoms with Crippen molar-refractivity contribution in [3.63, 3.8) is 0 Å². The number of hydrogen-bond acceptors (Lipinski definition) is 7. The lowest BCUT2D eigenvalue weighted by Gasteiger charge is -2.01. The average molecular weight is 519 g/mol. The Balaban J connectivity index is 1.33. The molecule has 8 nitrogen and oxygen atoms in total. The molecule has 0 aliphatic heterocycles. The van der Waals surface area contributed by atoms with Crippen LogP contribution in [0.5, 0.6) is 0 Å². The number of aliphatic imine (C=N–C) groups is 1. The summed E-state index contributed by atoms with van der Waals surface area (Å²) in [7, 11) is 0. The van der Waals surface area contributed by atoms with Crippen molar-refractivity contribution in [1.29, 1.82) is 0 Å². The average Bonchev–Trinajstić information content (AvgIpc) is 3.60. The summed E-state index contributed by atoms with van der Waals surface area (Å²) in [5.41, 5.74) is 9.66. The molecule has 36 heavy (non-hydrogen) atoms. The third kappa shape index (κ3) is 4.95. The second kappa shape index (κ2) is 9.85. The predicted molar refractivity (Wildman–Crippen MR) is 142 cm³/mol. The molecule has 2 aromatic carbocycles. The lowest BCUT2D eigenvalue weighted by molar-refractivity contribution is 0.574. The smallest absolute Gasteiger partial charge is 0.273 e. The van der Waals surface area contributed by atoms with Gasteiger partial charge in [-0.25, -0.2) is 4.99 Å². The standard InChI is InChI=1S/C26H20Cl2N6O2/c1-15-3-5-17(11-21(15)27)23-9-7-19(35-23)13-30-26-33-32-25(29)34(26)31-14-20-8-10-24(36-20)18-6-4-16(2)22(28)12-18/h3-14H,1-2H3,(H2,29,32)/b30-13+,31-14+. The third-order valence-corrected chi connectivity index (χ3v) is 6.24. The van der Waals surface area contributed by atoms with Crippen LogP contribution >= 0.6 is 23.2 Å². The van der Waals surface area contributed by atoms with Crippen LogP contribution in [0.2, 0.25) is 10.0 Å². The summed E-state index contributed by atoms with van der Waals surface area (Å²) in [5.74, 6) is 2.61. The van der Waals surface area contributed by atoms with E-state index in [1.165, 1.54) is 17.1 Å². The zero-order valence-electron chi connectivity index (χ0n) is 19.3. The summed E-state index contributed by atoms with van der Waals surface area (Å²) < 4.78 is 13.0. The van der Waals surface area contributed by atoms with Gasteiger partial charge in [-0.15, -0.1) is 10.2 Å². The van der Waals surface area contributed by atoms with Gasteiger partial charge in [0.05, 0.1) is 12.4 Å². The third-order valence-electron chi connectivity index (χ3n) is 5.42. The molecule has 3 aromatic heterocycles. The van der Waals surface area contributed by atoms with Crippen LogP contribution in [0.3, 0.4) is 0 Å². The summed E-state index contributed by atoms with van der Waals surface area (Å²) in [4.78, 5) is 4.32. The number of anilines is 1. The quantitative estimate of drug-likeness (QED) is 0.245. The topological polar surface area (TPSA) is 108 Å². The van der Waals surface area contributed by atoms with E-state index >= 15 is 0 Å². The van der Waals surface area contributed by atoms with Crippen molar-refractivity contribution in [2.45, 2.75) is 13.8 Å². The summed E-state index contributed by atoms with van der Waals surface area (Å²) in [6.45, 7) is 3.89. The minimum atomic E-state index is 0.0740. The molecule has 5 rings (SSSR count). The number of aryl methyl sites for hydroxylation is 2. The molecule has 3 heterocycles. The first kappa shape index (κ1) is 23.6. The fourth-order valence-corrected chi connectivity index (χ4v) is 3.72. The number of rotatable bonds is 6. The van der Waals surface area contributed by atoms with Crippen molar-refractivity contribution in [3.8, 4) is 22.6 Å². The molecule has 0 radical (unpaired) electrons. The molecule has 0 bridgehead atoms. The number of nitrogen functional groups attached to an aromatic ring is 1. The highest BCUT2D eigenvalue weighted by Gasteiger charge is 2.10. The van der Waals surface area contributed by atoms with Gasteiger partial charge in [-0.1, -0.05) is 47.5 Å². The van der Waals surface area contributed by atoms with Crippen LogP contribution in [-0.2, 0) is 0 Å². The van der Waals surface area contributed by atoms with E-state index in [9.17, 15) is 0 Å². The minimum absolute atomic E-state index is 0.0740. The van der Waals surface area contributed by atoms with Gasteiger partial charge in [-0.05, 0) is 61.4 Å². The maximum absolute atomic E-state index is 6.23. The fourth-order valence-electron chi connectivity index (χ4n) is 3.36. The van der Waals surface area contributed by atoms with E-state index in [1.54, 1.807) is 12.1 Å². The van der Waals surface area contributed by atoms with E-state index in [4.69, 9.17) is 37.8 Å². The first-order chi connectivity index (χ1) is 17.4. The van der Waals surface area contributed by atoms with Crippen molar-refractivity contribution in [2.75, 3.05) is 5.73 Å². The Morgan fingerprint density at radius 2 is 1.33 bits per heavy atom. The number of aromatic nitrogens is 3. The van der Waals surface area contributed by atoms with Crippen LogP contribution in [0.4, 0.5) is 11.9 Å². The number of benzene rings is 2. The molecule has 180 valence electrons. The van der Waals surface area contributed by atoms with Crippen molar-refractivity contribution in [1.82, 2.24) is 14.9 Å². The van der Waals surface area contributed by atoms with Crippen molar-refractivity contribution in [2.24, 2.45) is 10.1 Å². The molecule has 2 N–H and O–H groups in total. The Hall–Kier alpha value is -4.14. The second-order valence-electron chi connectivity index (χ2n) is 8.00. The Bertz CT molecular complexity index is 1610. The molecule has 0 saturated heterocycles. The van der Waals surface area contributed by atoms with Gasteiger partial charge in [0.1, 0.15) is 23.0 Å². The van der Waals surface area contributed by atoms with Crippen LogP contribution in [-0.4, -0.2) is 27.3 Å². The van der Waals surface area contributed by atoms with Gasteiger partial charge < -0.3 is 14.6 Å². The predicted octanol–water partition coefficient (Wildman–Crippen LogP) is 6.94. The zero-order valence-corrected chi connectivity index (χ0v) is 20.8. The number of hydrogen-bond donors (Lipinski definition) is 1. The van der Waals surface area contributed by atoms with Gasteiger partial charge in [0.25, 0.3) is 5.95 Å². The first-order valence-corrected chi connectivity index (χ1v) is 11.6. The lowest BCUT2D eigenvalue weighted by Crippen LogP contribution is -1.97. The molecule has 0 saturated carbocycles. The van der Waals surface area contributed by atoms with Gasteiger partial charge in [0.2, 0.25) is 5.95 Å².